The van der Waals surface area contributed by atoms with Crippen molar-refractivity contribution in [3.05, 3.63) is 29.8 Å². The van der Waals surface area contributed by atoms with E-state index < -0.39 is 17.9 Å². The molecule has 0 radical (unpaired) electrons. The van der Waals surface area contributed by atoms with Crippen molar-refractivity contribution in [1.29, 1.82) is 0 Å². The molecule has 19 heavy (non-hydrogen) atoms. The molecule has 1 aliphatic heterocycles. The summed E-state index contributed by atoms with van der Waals surface area (Å²) in [5, 5.41) is 17.9. The van der Waals surface area contributed by atoms with Crippen LogP contribution in [0.5, 0.6) is 5.75 Å². The first-order valence-corrected chi connectivity index (χ1v) is 6.02. The third kappa shape index (κ3) is 3.03. The normalized spacial score (nSPS) is 16.8. The first-order valence-electron chi connectivity index (χ1n) is 6.02. The fraction of sp³-hybridized carbons (Fsp3) is 0.385. The molecule has 4 N–H and O–H groups in total. The van der Waals surface area contributed by atoms with Crippen LogP contribution in [0.2, 0.25) is 0 Å². The van der Waals surface area contributed by atoms with Gasteiger partial charge in [0.05, 0.1) is 12.0 Å². The number of phenolic OH excluding ortho intramolecular Hbond substituents is 1. The Hall–Kier alpha value is -2.08. The number of carbonyl (C=O) groups is 2. The third-order valence-corrected chi connectivity index (χ3v) is 3.25. The summed E-state index contributed by atoms with van der Waals surface area (Å²) in [6, 6.07) is 5.81. The van der Waals surface area contributed by atoms with Crippen LogP contribution in [0, 0.1) is 5.92 Å². The average Bonchev–Trinajstić information content (AvgIpc) is 2.29. The summed E-state index contributed by atoms with van der Waals surface area (Å²) in [4.78, 5) is 24.0. The van der Waals surface area contributed by atoms with Crippen molar-refractivity contribution in [1.82, 2.24) is 4.90 Å². The van der Waals surface area contributed by atoms with Crippen LogP contribution in [0.15, 0.2) is 24.3 Å². The predicted molar refractivity (Wildman–Crippen MR) is 67.5 cm³/mol. The summed E-state index contributed by atoms with van der Waals surface area (Å²) in [5.41, 5.74) is 6.67. The SMILES string of the molecule is N[C@H](Cc1ccc(O)cc1)C(=O)N1CC(C(=O)O)C1. The maximum absolute atomic E-state index is 11.9. The molecule has 1 saturated heterocycles. The highest BCUT2D eigenvalue weighted by Crippen LogP contribution is 2.18. The van der Waals surface area contributed by atoms with E-state index in [1.807, 2.05) is 0 Å². The molecule has 1 amide bonds. The molecule has 0 saturated carbocycles. The van der Waals surface area contributed by atoms with Crippen molar-refractivity contribution < 1.29 is 19.8 Å². The Kier molecular flexibility index (Phi) is 3.71. The van der Waals surface area contributed by atoms with E-state index >= 15 is 0 Å². The lowest BCUT2D eigenvalue weighted by atomic mass is 9.97. The van der Waals surface area contributed by atoms with Gasteiger partial charge in [0, 0.05) is 13.1 Å². The van der Waals surface area contributed by atoms with E-state index in [1.54, 1.807) is 12.1 Å². The molecule has 1 aromatic rings. The van der Waals surface area contributed by atoms with Crippen molar-refractivity contribution in [3.63, 3.8) is 0 Å². The molecule has 6 nitrogen and oxygen atoms in total. The number of aromatic hydroxyl groups is 1. The van der Waals surface area contributed by atoms with Gasteiger partial charge in [0.1, 0.15) is 5.75 Å². The van der Waals surface area contributed by atoms with Gasteiger partial charge >= 0.3 is 5.97 Å². The Balaban J connectivity index is 1.87. The highest BCUT2D eigenvalue weighted by atomic mass is 16.4. The molecular weight excluding hydrogens is 248 g/mol. The van der Waals surface area contributed by atoms with Gasteiger partial charge in [-0.1, -0.05) is 12.1 Å². The minimum absolute atomic E-state index is 0.163. The largest absolute Gasteiger partial charge is 0.508 e. The number of carboxylic acid groups (broad SMARTS) is 1. The van der Waals surface area contributed by atoms with Crippen molar-refractivity contribution in [2.24, 2.45) is 11.7 Å². The molecule has 102 valence electrons. The molecule has 1 fully saturated rings. The van der Waals surface area contributed by atoms with Gasteiger partial charge in [-0.05, 0) is 24.1 Å². The third-order valence-electron chi connectivity index (χ3n) is 3.25. The lowest BCUT2D eigenvalue weighted by Gasteiger charge is -2.38. The van der Waals surface area contributed by atoms with Crippen LogP contribution in [-0.4, -0.2) is 46.1 Å². The van der Waals surface area contributed by atoms with Crippen molar-refractivity contribution in [2.45, 2.75) is 12.5 Å². The summed E-state index contributed by atoms with van der Waals surface area (Å²) in [5.74, 6) is -1.41. The van der Waals surface area contributed by atoms with Crippen molar-refractivity contribution in [2.75, 3.05) is 13.1 Å². The number of nitrogens with two attached hydrogens (primary N) is 1. The average molecular weight is 264 g/mol. The molecule has 0 bridgehead atoms. The summed E-state index contributed by atoms with van der Waals surface area (Å²) in [7, 11) is 0. The summed E-state index contributed by atoms with van der Waals surface area (Å²) >= 11 is 0. The maximum atomic E-state index is 11.9. The molecule has 0 aliphatic carbocycles. The molecule has 2 rings (SSSR count). The Labute approximate surface area is 110 Å². The van der Waals surface area contributed by atoms with Crippen LogP contribution in [-0.2, 0) is 16.0 Å². The van der Waals surface area contributed by atoms with Crippen LogP contribution in [0.25, 0.3) is 0 Å². The highest BCUT2D eigenvalue weighted by Gasteiger charge is 2.37. The molecule has 1 aliphatic rings. The number of phenols is 1. The molecule has 0 unspecified atom stereocenters. The van der Waals surface area contributed by atoms with E-state index in [-0.39, 0.29) is 24.7 Å². The summed E-state index contributed by atoms with van der Waals surface area (Å²) < 4.78 is 0. The maximum Gasteiger partial charge on any atom is 0.310 e. The van der Waals surface area contributed by atoms with Gasteiger partial charge in [0.15, 0.2) is 0 Å². The number of amides is 1. The Morgan fingerprint density at radius 2 is 1.89 bits per heavy atom. The minimum Gasteiger partial charge on any atom is -0.508 e. The number of rotatable bonds is 4. The Morgan fingerprint density at radius 3 is 2.42 bits per heavy atom. The smallest absolute Gasteiger partial charge is 0.310 e. The molecule has 1 atom stereocenters. The van der Waals surface area contributed by atoms with Crippen LogP contribution in [0.4, 0.5) is 0 Å². The topological polar surface area (TPSA) is 104 Å². The molecule has 1 heterocycles. The number of hydrogen-bond acceptors (Lipinski definition) is 4. The quantitative estimate of drug-likeness (QED) is 0.699. The van der Waals surface area contributed by atoms with Crippen LogP contribution < -0.4 is 5.73 Å². The Bertz CT molecular complexity index is 480. The van der Waals surface area contributed by atoms with E-state index in [1.165, 1.54) is 17.0 Å². The van der Waals surface area contributed by atoms with E-state index in [0.29, 0.717) is 6.42 Å². The number of aliphatic carboxylic acids is 1. The van der Waals surface area contributed by atoms with Gasteiger partial charge in [0.25, 0.3) is 0 Å². The van der Waals surface area contributed by atoms with Crippen LogP contribution in [0.1, 0.15) is 5.56 Å². The molecule has 1 aromatic carbocycles. The van der Waals surface area contributed by atoms with Gasteiger partial charge in [-0.2, -0.15) is 0 Å². The molecule has 0 spiro atoms. The summed E-state index contributed by atoms with van der Waals surface area (Å²) in [6.07, 6.45) is 0.368. The van der Waals surface area contributed by atoms with Gasteiger partial charge in [-0.15, -0.1) is 0 Å². The predicted octanol–water partition coefficient (Wildman–Crippen LogP) is -0.195. The number of nitrogens with zero attached hydrogens (tertiary/aromatic N) is 1. The Morgan fingerprint density at radius 1 is 1.32 bits per heavy atom. The molecule has 6 heteroatoms. The molecular formula is C13H16N2O4. The number of carboxylic acids is 1. The first-order chi connectivity index (χ1) is 8.97. The van der Waals surface area contributed by atoms with Crippen molar-refractivity contribution in [3.8, 4) is 5.75 Å². The van der Waals surface area contributed by atoms with E-state index in [4.69, 9.17) is 15.9 Å². The van der Waals surface area contributed by atoms with E-state index in [2.05, 4.69) is 0 Å². The van der Waals surface area contributed by atoms with Gasteiger partial charge < -0.3 is 20.8 Å². The second-order valence-corrected chi connectivity index (χ2v) is 4.76. The number of carbonyl (C=O) groups excluding carboxylic acids is 1. The standard InChI is InChI=1S/C13H16N2O4/c14-11(5-8-1-3-10(16)4-2-8)12(17)15-6-9(7-15)13(18)19/h1-4,9,11,16H,5-7,14H2,(H,18,19)/t11-/m1/s1. The van der Waals surface area contributed by atoms with Crippen LogP contribution >= 0.6 is 0 Å². The fourth-order valence-corrected chi connectivity index (χ4v) is 2.02. The number of hydrogen-bond donors (Lipinski definition) is 3. The minimum atomic E-state index is -0.879. The zero-order valence-corrected chi connectivity index (χ0v) is 10.3. The van der Waals surface area contributed by atoms with E-state index in [0.717, 1.165) is 5.56 Å². The fourth-order valence-electron chi connectivity index (χ4n) is 2.02. The number of benzene rings is 1. The second-order valence-electron chi connectivity index (χ2n) is 4.76. The zero-order valence-electron chi connectivity index (χ0n) is 10.3. The van der Waals surface area contributed by atoms with Gasteiger partial charge in [-0.25, -0.2) is 0 Å². The molecule has 0 aromatic heterocycles. The monoisotopic (exact) mass is 264 g/mol. The summed E-state index contributed by atoms with van der Waals surface area (Å²) in [6.45, 7) is 0.467. The van der Waals surface area contributed by atoms with Crippen molar-refractivity contribution >= 4 is 11.9 Å². The zero-order chi connectivity index (χ0) is 14.0. The van der Waals surface area contributed by atoms with Gasteiger partial charge in [0.2, 0.25) is 5.91 Å². The van der Waals surface area contributed by atoms with E-state index in [9.17, 15) is 9.59 Å². The lowest BCUT2D eigenvalue weighted by molar-refractivity contribution is -0.153. The number of likely N-dealkylation sites (tertiary alicyclic amines) is 1. The van der Waals surface area contributed by atoms with Crippen LogP contribution in [0.3, 0.4) is 0 Å². The highest BCUT2D eigenvalue weighted by molar-refractivity contribution is 5.85. The lowest BCUT2D eigenvalue weighted by Crippen LogP contribution is -2.57. The first kappa shape index (κ1) is 13.4. The van der Waals surface area contributed by atoms with Gasteiger partial charge in [-0.3, -0.25) is 9.59 Å². The second kappa shape index (κ2) is 5.27.